The number of nitrogens with zero attached hydrogens (tertiary/aromatic N) is 2. The quantitative estimate of drug-likeness (QED) is 0.436. The van der Waals surface area contributed by atoms with Gasteiger partial charge in [-0.1, -0.05) is 47.6 Å². The number of benzene rings is 3. The van der Waals surface area contributed by atoms with Gasteiger partial charge >= 0.3 is 0 Å². The van der Waals surface area contributed by atoms with E-state index in [9.17, 15) is 4.79 Å². The van der Waals surface area contributed by atoms with Crippen LogP contribution in [0, 0.1) is 0 Å². The Hall–Kier alpha value is -4.33. The highest BCUT2D eigenvalue weighted by Crippen LogP contribution is 2.27. The SMILES string of the molecule is COc1cc(NC(=O)c2ccccc2OCc2nc(-c3ccccc3)no2)cc(OC)c1. The van der Waals surface area contributed by atoms with Crippen LogP contribution < -0.4 is 19.5 Å². The van der Waals surface area contributed by atoms with Gasteiger partial charge in [-0.3, -0.25) is 4.79 Å². The average molecular weight is 431 g/mol. The van der Waals surface area contributed by atoms with Crippen LogP contribution in [0.4, 0.5) is 5.69 Å². The fourth-order valence-corrected chi connectivity index (χ4v) is 3.02. The van der Waals surface area contributed by atoms with E-state index in [4.69, 9.17) is 18.7 Å². The molecule has 32 heavy (non-hydrogen) atoms. The third-order valence-electron chi connectivity index (χ3n) is 4.59. The molecule has 4 rings (SSSR count). The molecule has 0 aliphatic carbocycles. The second-order valence-corrected chi connectivity index (χ2v) is 6.72. The molecule has 0 aliphatic rings. The number of ether oxygens (including phenoxy) is 3. The van der Waals surface area contributed by atoms with E-state index >= 15 is 0 Å². The Kier molecular flexibility index (Phi) is 6.31. The van der Waals surface area contributed by atoms with Gasteiger partial charge in [-0.05, 0) is 12.1 Å². The average Bonchev–Trinajstić information content (AvgIpc) is 3.32. The fraction of sp³-hybridized carbons (Fsp3) is 0.125. The van der Waals surface area contributed by atoms with E-state index in [2.05, 4.69) is 15.5 Å². The van der Waals surface area contributed by atoms with Crippen molar-refractivity contribution in [2.45, 2.75) is 6.61 Å². The molecule has 4 aromatic rings. The number of hydrogen-bond donors (Lipinski definition) is 1. The van der Waals surface area contributed by atoms with Crippen molar-refractivity contribution in [1.29, 1.82) is 0 Å². The molecular formula is C24H21N3O5. The number of amides is 1. The highest BCUT2D eigenvalue weighted by molar-refractivity contribution is 6.06. The molecule has 162 valence electrons. The molecule has 8 nitrogen and oxygen atoms in total. The maximum Gasteiger partial charge on any atom is 0.264 e. The van der Waals surface area contributed by atoms with Crippen molar-refractivity contribution in [3.63, 3.8) is 0 Å². The molecule has 0 saturated heterocycles. The first kappa shape index (κ1) is 20.9. The van der Waals surface area contributed by atoms with E-state index in [1.165, 1.54) is 0 Å². The smallest absolute Gasteiger partial charge is 0.264 e. The summed E-state index contributed by atoms with van der Waals surface area (Å²) in [5.74, 6) is 1.95. The van der Waals surface area contributed by atoms with Crippen LogP contribution in [0.1, 0.15) is 16.2 Å². The van der Waals surface area contributed by atoms with Gasteiger partial charge in [0.25, 0.3) is 11.8 Å². The van der Waals surface area contributed by atoms with Gasteiger partial charge in [0, 0.05) is 29.4 Å². The first-order valence-electron chi connectivity index (χ1n) is 9.80. The monoisotopic (exact) mass is 431 g/mol. The Morgan fingerprint density at radius 1 is 0.938 bits per heavy atom. The van der Waals surface area contributed by atoms with E-state index in [1.807, 2.05) is 30.3 Å². The normalized spacial score (nSPS) is 10.4. The van der Waals surface area contributed by atoms with Crippen molar-refractivity contribution in [2.75, 3.05) is 19.5 Å². The number of nitrogens with one attached hydrogen (secondary N) is 1. The zero-order valence-corrected chi connectivity index (χ0v) is 17.6. The lowest BCUT2D eigenvalue weighted by molar-refractivity contribution is 0.102. The Bertz CT molecular complexity index is 1190. The third-order valence-corrected chi connectivity index (χ3v) is 4.59. The van der Waals surface area contributed by atoms with Crippen LogP contribution >= 0.6 is 0 Å². The number of carbonyl (C=O) groups excluding carboxylic acids is 1. The standard InChI is InChI=1S/C24H21N3O5/c1-29-18-12-17(13-19(14-18)30-2)25-24(28)20-10-6-7-11-21(20)31-15-22-26-23(27-32-22)16-8-4-3-5-9-16/h3-14H,15H2,1-2H3,(H,25,28). The van der Waals surface area contributed by atoms with Crippen LogP contribution in [-0.4, -0.2) is 30.3 Å². The summed E-state index contributed by atoms with van der Waals surface area (Å²) in [4.78, 5) is 17.3. The Balaban J connectivity index is 1.47. The lowest BCUT2D eigenvalue weighted by Gasteiger charge is -2.12. The number of carbonyl (C=O) groups is 1. The number of hydrogen-bond acceptors (Lipinski definition) is 7. The molecule has 0 radical (unpaired) electrons. The van der Waals surface area contributed by atoms with E-state index in [-0.39, 0.29) is 12.5 Å². The van der Waals surface area contributed by atoms with Crippen LogP contribution in [0.2, 0.25) is 0 Å². The zero-order chi connectivity index (χ0) is 22.3. The Labute approximate surface area is 184 Å². The molecule has 0 aliphatic heterocycles. The first-order chi connectivity index (χ1) is 15.7. The molecule has 1 heterocycles. The predicted molar refractivity (Wildman–Crippen MR) is 118 cm³/mol. The second-order valence-electron chi connectivity index (χ2n) is 6.72. The minimum absolute atomic E-state index is 0.0249. The molecule has 1 N–H and O–H groups in total. The summed E-state index contributed by atoms with van der Waals surface area (Å²) in [6.07, 6.45) is 0. The second kappa shape index (κ2) is 9.65. The minimum Gasteiger partial charge on any atom is -0.497 e. The highest BCUT2D eigenvalue weighted by atomic mass is 16.5. The van der Waals surface area contributed by atoms with E-state index in [1.54, 1.807) is 56.7 Å². The van der Waals surface area contributed by atoms with Crippen LogP contribution in [0.25, 0.3) is 11.4 Å². The summed E-state index contributed by atoms with van der Waals surface area (Å²) < 4.78 is 21.6. The van der Waals surface area contributed by atoms with Gasteiger partial charge in [-0.15, -0.1) is 0 Å². The summed E-state index contributed by atoms with van der Waals surface area (Å²) in [6.45, 7) is 0.0249. The topological polar surface area (TPSA) is 95.7 Å². The van der Waals surface area contributed by atoms with Gasteiger partial charge in [-0.2, -0.15) is 4.98 Å². The first-order valence-corrected chi connectivity index (χ1v) is 9.80. The lowest BCUT2D eigenvalue weighted by Crippen LogP contribution is -2.14. The number of para-hydroxylation sites is 1. The Morgan fingerprint density at radius 2 is 1.62 bits per heavy atom. The summed E-state index contributed by atoms with van der Waals surface area (Å²) in [5, 5.41) is 6.82. The maximum absolute atomic E-state index is 12.9. The molecule has 1 amide bonds. The van der Waals surface area contributed by atoms with Crippen molar-refractivity contribution >= 4 is 11.6 Å². The molecule has 1 aromatic heterocycles. The van der Waals surface area contributed by atoms with Gasteiger partial charge in [0.05, 0.1) is 19.8 Å². The number of aromatic nitrogens is 2. The van der Waals surface area contributed by atoms with E-state index < -0.39 is 0 Å². The van der Waals surface area contributed by atoms with Gasteiger partial charge in [0.2, 0.25) is 5.82 Å². The van der Waals surface area contributed by atoms with Gasteiger partial charge in [0.15, 0.2) is 6.61 Å². The van der Waals surface area contributed by atoms with Crippen molar-refractivity contribution in [3.8, 4) is 28.6 Å². The molecule has 3 aromatic carbocycles. The van der Waals surface area contributed by atoms with Gasteiger partial charge in [0.1, 0.15) is 17.2 Å². The molecule has 8 heteroatoms. The fourth-order valence-electron chi connectivity index (χ4n) is 3.02. The van der Waals surface area contributed by atoms with Gasteiger partial charge in [-0.25, -0.2) is 0 Å². The van der Waals surface area contributed by atoms with E-state index in [0.717, 1.165) is 5.56 Å². The molecule has 0 fully saturated rings. The van der Waals surface area contributed by atoms with Crippen molar-refractivity contribution in [1.82, 2.24) is 10.1 Å². The number of rotatable bonds is 8. The molecule has 0 unspecified atom stereocenters. The van der Waals surface area contributed by atoms with Crippen LogP contribution in [0.5, 0.6) is 17.2 Å². The highest BCUT2D eigenvalue weighted by Gasteiger charge is 2.15. The van der Waals surface area contributed by atoms with Crippen molar-refractivity contribution < 1.29 is 23.5 Å². The largest absolute Gasteiger partial charge is 0.497 e. The number of methoxy groups -OCH3 is 2. The zero-order valence-electron chi connectivity index (χ0n) is 17.6. The van der Waals surface area contributed by atoms with Crippen molar-refractivity contribution in [3.05, 3.63) is 84.3 Å². The lowest BCUT2D eigenvalue weighted by atomic mass is 10.1. The molecular weight excluding hydrogens is 410 g/mol. The third kappa shape index (κ3) is 4.86. The summed E-state index contributed by atoms with van der Waals surface area (Å²) in [5.41, 5.74) is 1.73. The van der Waals surface area contributed by atoms with Crippen LogP contribution in [0.3, 0.4) is 0 Å². The molecule has 0 atom stereocenters. The Morgan fingerprint density at radius 3 is 2.34 bits per heavy atom. The predicted octanol–water partition coefficient (Wildman–Crippen LogP) is 4.59. The minimum atomic E-state index is -0.341. The molecule has 0 bridgehead atoms. The number of anilines is 1. The van der Waals surface area contributed by atoms with Crippen LogP contribution in [-0.2, 0) is 6.61 Å². The summed E-state index contributed by atoms with van der Waals surface area (Å²) in [7, 11) is 3.09. The molecule has 0 saturated carbocycles. The van der Waals surface area contributed by atoms with Gasteiger partial charge < -0.3 is 24.1 Å². The summed E-state index contributed by atoms with van der Waals surface area (Å²) >= 11 is 0. The van der Waals surface area contributed by atoms with E-state index in [0.29, 0.717) is 40.2 Å². The molecule has 0 spiro atoms. The van der Waals surface area contributed by atoms with Crippen LogP contribution in [0.15, 0.2) is 77.3 Å². The maximum atomic E-state index is 12.9. The van der Waals surface area contributed by atoms with Crippen molar-refractivity contribution in [2.24, 2.45) is 0 Å². The summed E-state index contributed by atoms with van der Waals surface area (Å²) in [6, 6.07) is 21.5.